The van der Waals surface area contributed by atoms with Gasteiger partial charge in [-0.1, -0.05) is 42.5 Å². The Kier molecular flexibility index (Phi) is 1.96. The van der Waals surface area contributed by atoms with Crippen LogP contribution in [0.1, 0.15) is 24.8 Å². The maximum Gasteiger partial charge on any atom is 0.0961 e. The predicted molar refractivity (Wildman–Crippen MR) is 60.3 cm³/mol. The highest BCUT2D eigenvalue weighted by Gasteiger charge is 2.46. The summed E-state index contributed by atoms with van der Waals surface area (Å²) in [5, 5.41) is 10.8. The van der Waals surface area contributed by atoms with Gasteiger partial charge >= 0.3 is 0 Å². The molecule has 1 fully saturated rings. The van der Waals surface area contributed by atoms with E-state index < -0.39 is 5.60 Å². The van der Waals surface area contributed by atoms with Crippen LogP contribution in [0.3, 0.4) is 0 Å². The van der Waals surface area contributed by atoms with Crippen LogP contribution in [0.25, 0.3) is 0 Å². The molecule has 0 amide bonds. The van der Waals surface area contributed by atoms with E-state index >= 15 is 0 Å². The first-order valence-electron chi connectivity index (χ1n) is 5.73. The standard InChI is InChI=1S/C14H16O/c15-14(12-6-2-1-3-7-12)10-11-5-4-8-13(14)9-11/h1-4,6-8,11,13,15H,5,9-10H2. The van der Waals surface area contributed by atoms with Crippen LogP contribution >= 0.6 is 0 Å². The van der Waals surface area contributed by atoms with Gasteiger partial charge in [-0.05, 0) is 30.7 Å². The Hall–Kier alpha value is -1.08. The summed E-state index contributed by atoms with van der Waals surface area (Å²) in [6.07, 6.45) is 7.67. The smallest absolute Gasteiger partial charge is 0.0961 e. The summed E-state index contributed by atoms with van der Waals surface area (Å²) < 4.78 is 0. The summed E-state index contributed by atoms with van der Waals surface area (Å²) in [5.74, 6) is 1.02. The van der Waals surface area contributed by atoms with Crippen molar-refractivity contribution in [1.82, 2.24) is 0 Å². The van der Waals surface area contributed by atoms with Gasteiger partial charge in [0, 0.05) is 5.92 Å². The summed E-state index contributed by atoms with van der Waals surface area (Å²) in [5.41, 5.74) is 0.489. The quantitative estimate of drug-likeness (QED) is 0.691. The van der Waals surface area contributed by atoms with E-state index in [1.165, 1.54) is 0 Å². The van der Waals surface area contributed by atoms with Crippen LogP contribution < -0.4 is 0 Å². The van der Waals surface area contributed by atoms with Gasteiger partial charge in [-0.15, -0.1) is 0 Å². The summed E-state index contributed by atoms with van der Waals surface area (Å²) in [6.45, 7) is 0. The number of rotatable bonds is 1. The molecule has 0 spiro atoms. The van der Waals surface area contributed by atoms with Crippen molar-refractivity contribution in [2.45, 2.75) is 24.9 Å². The van der Waals surface area contributed by atoms with Crippen molar-refractivity contribution >= 4 is 0 Å². The summed E-state index contributed by atoms with van der Waals surface area (Å²) in [6, 6.07) is 10.1. The summed E-state index contributed by atoms with van der Waals surface area (Å²) >= 11 is 0. The van der Waals surface area contributed by atoms with Gasteiger partial charge in [-0.25, -0.2) is 0 Å². The molecule has 0 aromatic heterocycles. The fourth-order valence-electron chi connectivity index (χ4n) is 3.14. The van der Waals surface area contributed by atoms with Crippen molar-refractivity contribution in [3.05, 3.63) is 48.0 Å². The van der Waals surface area contributed by atoms with Crippen LogP contribution in [-0.4, -0.2) is 5.11 Å². The van der Waals surface area contributed by atoms with E-state index in [1.807, 2.05) is 18.2 Å². The molecule has 3 atom stereocenters. The second-order valence-corrected chi connectivity index (χ2v) is 4.87. The third-order valence-electron chi connectivity index (χ3n) is 3.91. The van der Waals surface area contributed by atoms with E-state index in [2.05, 4.69) is 24.3 Å². The molecule has 78 valence electrons. The predicted octanol–water partition coefficient (Wildman–Crippen LogP) is 2.86. The van der Waals surface area contributed by atoms with Crippen LogP contribution in [0.15, 0.2) is 42.5 Å². The minimum absolute atomic E-state index is 0.332. The zero-order valence-electron chi connectivity index (χ0n) is 8.76. The molecule has 1 nitrogen and oxygen atoms in total. The first kappa shape index (κ1) is 9.17. The molecule has 0 radical (unpaired) electrons. The van der Waals surface area contributed by atoms with Crippen LogP contribution in [0.5, 0.6) is 0 Å². The molecule has 2 aliphatic carbocycles. The van der Waals surface area contributed by atoms with Crippen LogP contribution in [0.2, 0.25) is 0 Å². The van der Waals surface area contributed by atoms with Crippen molar-refractivity contribution in [1.29, 1.82) is 0 Å². The SMILES string of the molecule is OC1(c2ccccc2)CC2CC=CC1C2. The molecule has 3 rings (SSSR count). The second-order valence-electron chi connectivity index (χ2n) is 4.87. The van der Waals surface area contributed by atoms with Gasteiger partial charge in [-0.2, -0.15) is 0 Å². The van der Waals surface area contributed by atoms with Gasteiger partial charge in [0.05, 0.1) is 5.60 Å². The lowest BCUT2D eigenvalue weighted by Gasteiger charge is -2.28. The first-order valence-corrected chi connectivity index (χ1v) is 5.73. The fraction of sp³-hybridized carbons (Fsp3) is 0.429. The minimum atomic E-state index is -0.598. The van der Waals surface area contributed by atoms with E-state index in [1.54, 1.807) is 0 Å². The number of aliphatic hydroxyl groups is 1. The number of allylic oxidation sites excluding steroid dienone is 1. The average molecular weight is 200 g/mol. The van der Waals surface area contributed by atoms with Gasteiger partial charge in [0.1, 0.15) is 0 Å². The van der Waals surface area contributed by atoms with Crippen LogP contribution in [0.4, 0.5) is 0 Å². The van der Waals surface area contributed by atoms with Crippen LogP contribution in [0, 0.1) is 11.8 Å². The van der Waals surface area contributed by atoms with Crippen LogP contribution in [-0.2, 0) is 5.60 Å². The van der Waals surface area contributed by atoms with Crippen molar-refractivity contribution in [3.63, 3.8) is 0 Å². The molecular weight excluding hydrogens is 184 g/mol. The third kappa shape index (κ3) is 1.34. The second kappa shape index (κ2) is 3.21. The monoisotopic (exact) mass is 200 g/mol. The molecule has 0 aliphatic heterocycles. The van der Waals surface area contributed by atoms with Gasteiger partial charge in [0.2, 0.25) is 0 Å². The Labute approximate surface area is 90.4 Å². The maximum atomic E-state index is 10.8. The van der Waals surface area contributed by atoms with Crippen molar-refractivity contribution in [2.75, 3.05) is 0 Å². The van der Waals surface area contributed by atoms with E-state index in [0.717, 1.165) is 24.8 Å². The number of hydrogen-bond acceptors (Lipinski definition) is 1. The van der Waals surface area contributed by atoms with Crippen molar-refractivity contribution < 1.29 is 5.11 Å². The van der Waals surface area contributed by atoms with Crippen molar-refractivity contribution in [2.24, 2.45) is 11.8 Å². The zero-order chi connectivity index (χ0) is 10.3. The molecule has 2 aliphatic rings. The molecule has 1 aromatic carbocycles. The minimum Gasteiger partial charge on any atom is -0.385 e. The van der Waals surface area contributed by atoms with Gasteiger partial charge in [0.15, 0.2) is 0 Å². The Morgan fingerprint density at radius 2 is 2.00 bits per heavy atom. The molecule has 1 saturated carbocycles. The molecule has 1 aromatic rings. The molecule has 1 N–H and O–H groups in total. The summed E-state index contributed by atoms with van der Waals surface area (Å²) in [4.78, 5) is 0. The number of fused-ring (bicyclic) bond motifs is 2. The van der Waals surface area contributed by atoms with Crippen molar-refractivity contribution in [3.8, 4) is 0 Å². The lowest BCUT2D eigenvalue weighted by molar-refractivity contribution is 0.0136. The molecule has 3 unspecified atom stereocenters. The lowest BCUT2D eigenvalue weighted by atomic mass is 9.84. The van der Waals surface area contributed by atoms with E-state index in [0.29, 0.717) is 11.8 Å². The zero-order valence-corrected chi connectivity index (χ0v) is 8.76. The summed E-state index contributed by atoms with van der Waals surface area (Å²) in [7, 11) is 0. The normalized spacial score (nSPS) is 38.2. The topological polar surface area (TPSA) is 20.2 Å². The highest BCUT2D eigenvalue weighted by atomic mass is 16.3. The third-order valence-corrected chi connectivity index (χ3v) is 3.91. The van der Waals surface area contributed by atoms with E-state index in [-0.39, 0.29) is 0 Å². The van der Waals surface area contributed by atoms with Gasteiger partial charge in [-0.3, -0.25) is 0 Å². The molecule has 1 heteroatoms. The van der Waals surface area contributed by atoms with Gasteiger partial charge in [0.25, 0.3) is 0 Å². The molecular formula is C14H16O. The molecule has 0 saturated heterocycles. The number of hydrogen-bond donors (Lipinski definition) is 1. The highest BCUT2D eigenvalue weighted by Crippen LogP contribution is 2.50. The number of benzene rings is 1. The Bertz CT molecular complexity index is 382. The fourth-order valence-corrected chi connectivity index (χ4v) is 3.14. The largest absolute Gasteiger partial charge is 0.385 e. The maximum absolute atomic E-state index is 10.8. The Morgan fingerprint density at radius 1 is 1.20 bits per heavy atom. The van der Waals surface area contributed by atoms with Gasteiger partial charge < -0.3 is 5.11 Å². The highest BCUT2D eigenvalue weighted by molar-refractivity contribution is 5.28. The molecule has 0 heterocycles. The Balaban J connectivity index is 2.01. The Morgan fingerprint density at radius 3 is 2.73 bits per heavy atom. The van der Waals surface area contributed by atoms with E-state index in [9.17, 15) is 5.11 Å². The lowest BCUT2D eigenvalue weighted by Crippen LogP contribution is -2.28. The average Bonchev–Trinajstić information content (AvgIpc) is 2.52. The molecule has 15 heavy (non-hydrogen) atoms. The molecule has 2 bridgehead atoms. The van der Waals surface area contributed by atoms with E-state index in [4.69, 9.17) is 0 Å². The first-order chi connectivity index (χ1) is 7.29.